The molecular formula is C20H17FeN3O2+2. The molecule has 0 N–H and O–H groups in total. The summed E-state index contributed by atoms with van der Waals surface area (Å²) in [5.41, 5.74) is 0. The summed E-state index contributed by atoms with van der Waals surface area (Å²) in [5.74, 6) is 1.03. The van der Waals surface area contributed by atoms with Gasteiger partial charge in [-0.3, -0.25) is 4.79 Å². The summed E-state index contributed by atoms with van der Waals surface area (Å²) in [6.45, 7) is 0. The minimum Gasteiger partial charge on any atom is -0.461 e. The van der Waals surface area contributed by atoms with Crippen molar-refractivity contribution in [3.05, 3.63) is 107 Å². The Labute approximate surface area is 166 Å². The number of hydrogen-bond acceptors (Lipinski definition) is 4. The van der Waals surface area contributed by atoms with Crippen LogP contribution >= 0.6 is 0 Å². The van der Waals surface area contributed by atoms with Gasteiger partial charge in [0.05, 0.1) is 5.92 Å². The Kier molecular flexibility index (Phi) is 8.86. The van der Waals surface area contributed by atoms with E-state index in [0.717, 1.165) is 0 Å². The summed E-state index contributed by atoms with van der Waals surface area (Å²) >= 11 is 0. The molecule has 0 saturated heterocycles. The number of hydrogen-bond donors (Lipinski definition) is 0. The monoisotopic (exact) mass is 387 g/mol. The number of aromatic nitrogens is 3. The van der Waals surface area contributed by atoms with Gasteiger partial charge < -0.3 is 4.74 Å². The van der Waals surface area contributed by atoms with Crippen molar-refractivity contribution in [3.8, 4) is 5.75 Å². The van der Waals surface area contributed by atoms with E-state index in [2.05, 4.69) is 10.1 Å². The largest absolute Gasteiger partial charge is 2.00 e. The molecule has 5 nitrogen and oxygen atoms in total. The van der Waals surface area contributed by atoms with Crippen molar-refractivity contribution in [3.63, 3.8) is 0 Å². The number of carbonyl (C=O) groups is 1. The minimum absolute atomic E-state index is 0. The zero-order chi connectivity index (χ0) is 17.3. The fourth-order valence-electron chi connectivity index (χ4n) is 2.20. The third-order valence-electron chi connectivity index (χ3n) is 3.39. The van der Waals surface area contributed by atoms with Gasteiger partial charge in [0.25, 0.3) is 6.23 Å². The third kappa shape index (κ3) is 5.96. The molecule has 2 aliphatic rings. The zero-order valence-electron chi connectivity index (χ0n) is 13.8. The average Bonchev–Trinajstić information content (AvgIpc) is 3.44. The van der Waals surface area contributed by atoms with Gasteiger partial charge in [-0.15, -0.1) is 0 Å². The summed E-state index contributed by atoms with van der Waals surface area (Å²) in [6, 6.07) is 9.17. The van der Waals surface area contributed by atoms with Crippen LogP contribution in [0.1, 0.15) is 6.23 Å². The van der Waals surface area contributed by atoms with Gasteiger partial charge in [-0.05, 0) is 69.9 Å². The van der Waals surface area contributed by atoms with Crippen LogP contribution in [0, 0.1) is 63.7 Å². The van der Waals surface area contributed by atoms with Gasteiger partial charge in [0, 0.05) is 0 Å². The van der Waals surface area contributed by atoms with Gasteiger partial charge in [-0.2, -0.15) is 5.10 Å². The van der Waals surface area contributed by atoms with Gasteiger partial charge in [-0.25, -0.2) is 9.67 Å². The number of rotatable bonds is 5. The molecule has 1 aromatic heterocycles. The summed E-state index contributed by atoms with van der Waals surface area (Å²) < 4.78 is 7.16. The number of nitrogens with zero attached hydrogens (tertiary/aromatic N) is 3. The van der Waals surface area contributed by atoms with Crippen molar-refractivity contribution in [2.45, 2.75) is 6.23 Å². The maximum Gasteiger partial charge on any atom is 2.00 e. The molecule has 0 bridgehead atoms. The van der Waals surface area contributed by atoms with Crippen molar-refractivity contribution >= 4 is 5.78 Å². The third-order valence-corrected chi connectivity index (χ3v) is 3.39. The molecule has 2 aliphatic carbocycles. The van der Waals surface area contributed by atoms with Crippen LogP contribution in [0.15, 0.2) is 43.0 Å². The predicted molar refractivity (Wildman–Crippen MR) is 93.1 cm³/mol. The molecule has 0 spiro atoms. The summed E-state index contributed by atoms with van der Waals surface area (Å²) in [4.78, 5) is 16.4. The van der Waals surface area contributed by atoms with Gasteiger partial charge in [0.15, 0.2) is 0 Å². The quantitative estimate of drug-likeness (QED) is 0.741. The molecule has 130 valence electrons. The molecule has 26 heavy (non-hydrogen) atoms. The van der Waals surface area contributed by atoms with E-state index in [1.54, 1.807) is 25.0 Å². The van der Waals surface area contributed by atoms with Crippen molar-refractivity contribution in [2.24, 2.45) is 0 Å². The number of Topliss-reactive ketones (excluding diaryl/α,β-unsaturated/α-hetero) is 1. The number of carbonyl (C=O) groups excluding carboxylic acids is 1. The maximum absolute atomic E-state index is 12.5. The van der Waals surface area contributed by atoms with Crippen molar-refractivity contribution in [1.29, 1.82) is 0 Å². The molecule has 1 aromatic carbocycles. The van der Waals surface area contributed by atoms with Crippen LogP contribution in [0.3, 0.4) is 0 Å². The van der Waals surface area contributed by atoms with Crippen LogP contribution in [-0.4, -0.2) is 20.5 Å². The van der Waals surface area contributed by atoms with Gasteiger partial charge in [0.1, 0.15) is 18.4 Å². The fourth-order valence-corrected chi connectivity index (χ4v) is 2.20. The molecule has 2 saturated carbocycles. The SMILES string of the molecule is O=C([C]1[CH][CH][CH][CH]1)C(Oc1ccccc1)n1cncn1.[CH]1[CH][CH][CH][CH]1.[Fe+2]. The summed E-state index contributed by atoms with van der Waals surface area (Å²) in [7, 11) is 0. The predicted octanol–water partition coefficient (Wildman–Crippen LogP) is 2.85. The molecule has 2 aromatic rings. The Balaban J connectivity index is 0.000000351. The van der Waals surface area contributed by atoms with E-state index in [9.17, 15) is 4.79 Å². The first-order chi connectivity index (χ1) is 12.3. The second-order valence-corrected chi connectivity index (χ2v) is 5.16. The summed E-state index contributed by atoms with van der Waals surface area (Å²) in [5, 5.41) is 4.00. The van der Waals surface area contributed by atoms with Crippen molar-refractivity contribution in [1.82, 2.24) is 14.8 Å². The van der Waals surface area contributed by atoms with Crippen LogP contribution in [-0.2, 0) is 21.9 Å². The van der Waals surface area contributed by atoms with E-state index in [-0.39, 0.29) is 22.9 Å². The van der Waals surface area contributed by atoms with Crippen LogP contribution in [0.4, 0.5) is 0 Å². The van der Waals surface area contributed by atoms with Crippen LogP contribution in [0.2, 0.25) is 0 Å². The molecule has 0 amide bonds. The van der Waals surface area contributed by atoms with E-state index in [1.165, 1.54) is 17.3 Å². The number of ether oxygens (including phenoxy) is 1. The van der Waals surface area contributed by atoms with Crippen LogP contribution < -0.4 is 4.74 Å². The average molecular weight is 387 g/mol. The first-order valence-electron chi connectivity index (χ1n) is 7.83. The van der Waals surface area contributed by atoms with E-state index in [4.69, 9.17) is 4.74 Å². The van der Waals surface area contributed by atoms with Crippen molar-refractivity contribution in [2.75, 3.05) is 0 Å². The Bertz CT molecular complexity index is 616. The van der Waals surface area contributed by atoms with E-state index < -0.39 is 6.23 Å². The van der Waals surface area contributed by atoms with E-state index in [1.807, 2.05) is 63.1 Å². The fraction of sp³-hybridized carbons (Fsp3) is 0.0500. The first-order valence-corrected chi connectivity index (χ1v) is 7.83. The second kappa shape index (κ2) is 11.1. The molecular weight excluding hydrogens is 370 g/mol. The molecule has 1 atom stereocenters. The number of para-hydroxylation sites is 1. The Morgan fingerprint density at radius 2 is 1.54 bits per heavy atom. The molecule has 4 rings (SSSR count). The number of benzene rings is 1. The standard InChI is InChI=1S/C15H12N3O2.C5H5.Fe/c19-14(12-6-4-5-7-12)15(18-11-16-10-17-18)20-13-8-2-1-3-9-13;1-2-4-5-3-1;/h1-11,15H;1-5H;/q;;+2. The maximum atomic E-state index is 12.5. The molecule has 1 unspecified atom stereocenters. The number of ketones is 1. The topological polar surface area (TPSA) is 57.0 Å². The van der Waals surface area contributed by atoms with Crippen LogP contribution in [0.25, 0.3) is 0 Å². The summed E-state index contributed by atoms with van der Waals surface area (Å²) in [6.07, 6.45) is 19.1. The van der Waals surface area contributed by atoms with E-state index >= 15 is 0 Å². The van der Waals surface area contributed by atoms with Gasteiger partial charge >= 0.3 is 17.1 Å². The zero-order valence-corrected chi connectivity index (χ0v) is 14.9. The van der Waals surface area contributed by atoms with Crippen LogP contribution in [0.5, 0.6) is 5.75 Å². The second-order valence-electron chi connectivity index (χ2n) is 5.16. The van der Waals surface area contributed by atoms with Gasteiger partial charge in [0.2, 0.25) is 5.78 Å². The minimum atomic E-state index is -0.859. The van der Waals surface area contributed by atoms with Gasteiger partial charge in [-0.1, -0.05) is 18.2 Å². The van der Waals surface area contributed by atoms with Crippen molar-refractivity contribution < 1.29 is 26.6 Å². The van der Waals surface area contributed by atoms with E-state index in [0.29, 0.717) is 11.7 Å². The molecule has 10 radical (unpaired) electrons. The normalized spacial score (nSPS) is 17.7. The molecule has 6 heteroatoms. The Hall–Kier alpha value is -1.65. The Morgan fingerprint density at radius 1 is 0.923 bits per heavy atom. The molecule has 1 heterocycles. The Morgan fingerprint density at radius 3 is 2.08 bits per heavy atom. The molecule has 2 fully saturated rings. The first kappa shape index (κ1) is 20.7. The smallest absolute Gasteiger partial charge is 0.461 e. The molecule has 0 aliphatic heterocycles.